The van der Waals surface area contributed by atoms with E-state index in [1.165, 1.54) is 0 Å². The van der Waals surface area contributed by atoms with Crippen molar-refractivity contribution in [2.24, 2.45) is 0 Å². The number of carbonyl (C=O) groups is 2. The molecule has 0 atom stereocenters. The van der Waals surface area contributed by atoms with E-state index < -0.39 is 17.9 Å². The summed E-state index contributed by atoms with van der Waals surface area (Å²) in [5.74, 6) is -1.57. The maximum atomic E-state index is 13.1. The SMILES string of the molecule is CCOC(=O)C1=C(C)N(CCN(C)C)C(C)=C(C(=O)OCC)C1c1ccccc1Cl. The first kappa shape index (κ1) is 24.0. The zero-order chi connectivity index (χ0) is 22.4. The number of rotatable bonds is 8. The van der Waals surface area contributed by atoms with Gasteiger partial charge >= 0.3 is 11.9 Å². The third-order valence-corrected chi connectivity index (χ3v) is 5.49. The van der Waals surface area contributed by atoms with Gasteiger partial charge < -0.3 is 19.3 Å². The third-order valence-electron chi connectivity index (χ3n) is 5.14. The Kier molecular flexibility index (Phi) is 8.50. The Morgan fingerprint density at radius 3 is 1.93 bits per heavy atom. The first-order valence-corrected chi connectivity index (χ1v) is 10.5. The minimum Gasteiger partial charge on any atom is -0.463 e. The average molecular weight is 435 g/mol. The summed E-state index contributed by atoms with van der Waals surface area (Å²) in [6, 6.07) is 7.25. The van der Waals surface area contributed by atoms with Crippen LogP contribution in [0.4, 0.5) is 0 Å². The summed E-state index contributed by atoms with van der Waals surface area (Å²) in [5.41, 5.74) is 3.02. The molecule has 7 heteroatoms. The number of ether oxygens (including phenoxy) is 2. The number of hydrogen-bond donors (Lipinski definition) is 0. The molecule has 30 heavy (non-hydrogen) atoms. The lowest BCUT2D eigenvalue weighted by molar-refractivity contribution is -0.139. The normalized spacial score (nSPS) is 15.1. The number of halogens is 1. The summed E-state index contributed by atoms with van der Waals surface area (Å²) < 4.78 is 10.8. The highest BCUT2D eigenvalue weighted by Crippen LogP contribution is 2.44. The van der Waals surface area contributed by atoms with Gasteiger partial charge in [0.15, 0.2) is 0 Å². The highest BCUT2D eigenvalue weighted by Gasteiger charge is 2.41. The van der Waals surface area contributed by atoms with Gasteiger partial charge in [-0.15, -0.1) is 0 Å². The molecule has 1 aromatic carbocycles. The van der Waals surface area contributed by atoms with Crippen molar-refractivity contribution in [2.45, 2.75) is 33.6 Å². The smallest absolute Gasteiger partial charge is 0.336 e. The Hall–Kier alpha value is -2.31. The number of benzene rings is 1. The molecular weight excluding hydrogens is 404 g/mol. The van der Waals surface area contributed by atoms with Crippen LogP contribution in [0.25, 0.3) is 0 Å². The van der Waals surface area contributed by atoms with E-state index in [4.69, 9.17) is 21.1 Å². The lowest BCUT2D eigenvalue weighted by Gasteiger charge is -2.38. The second kappa shape index (κ2) is 10.6. The average Bonchev–Trinajstić information content (AvgIpc) is 2.67. The molecule has 6 nitrogen and oxygen atoms in total. The maximum absolute atomic E-state index is 13.1. The van der Waals surface area contributed by atoms with Crippen molar-refractivity contribution in [3.63, 3.8) is 0 Å². The predicted molar refractivity (Wildman–Crippen MR) is 118 cm³/mol. The molecule has 0 radical (unpaired) electrons. The van der Waals surface area contributed by atoms with Crippen molar-refractivity contribution in [2.75, 3.05) is 40.4 Å². The van der Waals surface area contributed by atoms with E-state index in [9.17, 15) is 9.59 Å². The molecule has 0 unspecified atom stereocenters. The van der Waals surface area contributed by atoms with Gasteiger partial charge in [0.25, 0.3) is 0 Å². The molecule has 1 aliphatic heterocycles. The second-order valence-electron chi connectivity index (χ2n) is 7.35. The monoisotopic (exact) mass is 434 g/mol. The number of likely N-dealkylation sites (N-methyl/N-ethyl adjacent to an activating group) is 1. The van der Waals surface area contributed by atoms with E-state index in [0.717, 1.165) is 17.9 Å². The maximum Gasteiger partial charge on any atom is 0.336 e. The fraction of sp³-hybridized carbons (Fsp3) is 0.478. The zero-order valence-electron chi connectivity index (χ0n) is 18.6. The summed E-state index contributed by atoms with van der Waals surface area (Å²) in [4.78, 5) is 30.2. The summed E-state index contributed by atoms with van der Waals surface area (Å²) in [6.07, 6.45) is 0. The van der Waals surface area contributed by atoms with Crippen LogP contribution in [0, 0.1) is 0 Å². The molecular formula is C23H31ClN2O4. The van der Waals surface area contributed by atoms with Crippen molar-refractivity contribution in [1.82, 2.24) is 9.80 Å². The zero-order valence-corrected chi connectivity index (χ0v) is 19.4. The minimum absolute atomic E-state index is 0.236. The van der Waals surface area contributed by atoms with E-state index in [1.54, 1.807) is 19.9 Å². The molecule has 2 rings (SSSR count). The topological polar surface area (TPSA) is 59.1 Å². The number of hydrogen-bond acceptors (Lipinski definition) is 6. The number of esters is 2. The predicted octanol–water partition coefficient (Wildman–Crippen LogP) is 3.98. The summed E-state index contributed by atoms with van der Waals surface area (Å²) in [7, 11) is 3.96. The lowest BCUT2D eigenvalue weighted by atomic mass is 9.79. The highest BCUT2D eigenvalue weighted by molar-refractivity contribution is 6.31. The molecule has 0 saturated carbocycles. The standard InChI is InChI=1S/C23H31ClN2O4/c1-7-29-22(27)19-15(3)26(14-13-25(5)6)16(4)20(23(28)30-8-2)21(19)17-11-9-10-12-18(17)24/h9-12,21H,7-8,13-14H2,1-6H3. The largest absolute Gasteiger partial charge is 0.463 e. The van der Waals surface area contributed by atoms with E-state index in [-0.39, 0.29) is 13.2 Å². The molecule has 0 N–H and O–H groups in total. The van der Waals surface area contributed by atoms with E-state index >= 15 is 0 Å². The Labute approximate surface area is 184 Å². The van der Waals surface area contributed by atoms with Gasteiger partial charge in [0, 0.05) is 29.5 Å². The van der Waals surface area contributed by atoms with Crippen LogP contribution in [-0.4, -0.2) is 62.1 Å². The highest BCUT2D eigenvalue weighted by atomic mass is 35.5. The van der Waals surface area contributed by atoms with Crippen molar-refractivity contribution in [1.29, 1.82) is 0 Å². The van der Waals surface area contributed by atoms with Crippen molar-refractivity contribution in [3.05, 3.63) is 57.4 Å². The van der Waals surface area contributed by atoms with Gasteiger partial charge in [-0.25, -0.2) is 9.59 Å². The molecule has 0 amide bonds. The molecule has 1 heterocycles. The second-order valence-corrected chi connectivity index (χ2v) is 7.76. The van der Waals surface area contributed by atoms with Crippen LogP contribution in [0.1, 0.15) is 39.2 Å². The quantitative estimate of drug-likeness (QED) is 0.577. The van der Waals surface area contributed by atoms with Crippen LogP contribution in [0.5, 0.6) is 0 Å². The van der Waals surface area contributed by atoms with Crippen LogP contribution < -0.4 is 0 Å². The van der Waals surface area contributed by atoms with Crippen LogP contribution in [-0.2, 0) is 19.1 Å². The van der Waals surface area contributed by atoms with Gasteiger partial charge in [-0.05, 0) is 53.4 Å². The Bertz CT molecular complexity index is 819. The summed E-state index contributed by atoms with van der Waals surface area (Å²) in [6.45, 7) is 9.13. The number of nitrogens with zero attached hydrogens (tertiary/aromatic N) is 2. The molecule has 0 spiro atoms. The van der Waals surface area contributed by atoms with Crippen LogP contribution >= 0.6 is 11.6 Å². The molecule has 0 bridgehead atoms. The van der Waals surface area contributed by atoms with Gasteiger partial charge in [0.1, 0.15) is 0 Å². The van der Waals surface area contributed by atoms with Crippen LogP contribution in [0.15, 0.2) is 46.8 Å². The third kappa shape index (κ3) is 5.05. The first-order valence-electron chi connectivity index (χ1n) is 10.2. The molecule has 0 aliphatic carbocycles. The van der Waals surface area contributed by atoms with E-state index in [2.05, 4.69) is 4.90 Å². The van der Waals surface area contributed by atoms with Crippen molar-refractivity contribution < 1.29 is 19.1 Å². The molecule has 164 valence electrons. The van der Waals surface area contributed by atoms with E-state index in [0.29, 0.717) is 28.3 Å². The summed E-state index contributed by atoms with van der Waals surface area (Å²) >= 11 is 6.52. The van der Waals surface area contributed by atoms with Gasteiger partial charge in [-0.2, -0.15) is 0 Å². The lowest BCUT2D eigenvalue weighted by Crippen LogP contribution is -2.38. The summed E-state index contributed by atoms with van der Waals surface area (Å²) in [5, 5.41) is 0.480. The molecule has 1 aliphatic rings. The molecule has 0 fully saturated rings. The first-order chi connectivity index (χ1) is 14.2. The van der Waals surface area contributed by atoms with Gasteiger partial charge in [0.05, 0.1) is 30.3 Å². The molecule has 0 aromatic heterocycles. The van der Waals surface area contributed by atoms with Crippen molar-refractivity contribution in [3.8, 4) is 0 Å². The fourth-order valence-electron chi connectivity index (χ4n) is 3.71. The van der Waals surface area contributed by atoms with E-state index in [1.807, 2.05) is 51.0 Å². The van der Waals surface area contributed by atoms with Gasteiger partial charge in [0.2, 0.25) is 0 Å². The number of carbonyl (C=O) groups excluding carboxylic acids is 2. The van der Waals surface area contributed by atoms with Crippen LogP contribution in [0.3, 0.4) is 0 Å². The molecule has 0 saturated heterocycles. The fourth-order valence-corrected chi connectivity index (χ4v) is 3.95. The number of allylic oxidation sites excluding steroid dienone is 2. The van der Waals surface area contributed by atoms with Gasteiger partial charge in [-0.1, -0.05) is 29.8 Å². The van der Waals surface area contributed by atoms with Crippen molar-refractivity contribution >= 4 is 23.5 Å². The Balaban J connectivity index is 2.75. The molecule has 1 aromatic rings. The van der Waals surface area contributed by atoms with Gasteiger partial charge in [-0.3, -0.25) is 0 Å². The van der Waals surface area contributed by atoms with Crippen LogP contribution in [0.2, 0.25) is 5.02 Å². The Morgan fingerprint density at radius 2 is 1.50 bits per heavy atom. The minimum atomic E-state index is -0.660. The Morgan fingerprint density at radius 1 is 1.00 bits per heavy atom.